The van der Waals surface area contributed by atoms with E-state index < -0.39 is 20.7 Å². The number of nitrogens with one attached hydrogen (secondary N) is 2. The number of benzene rings is 2. The zero-order chi connectivity index (χ0) is 19.9. The van der Waals surface area contributed by atoms with Gasteiger partial charge in [-0.1, -0.05) is 6.07 Å². The molecule has 4 rings (SSSR count). The molecular formula is C18H15FN6O2S. The molecule has 4 N–H and O–H groups in total. The van der Waals surface area contributed by atoms with Crippen LogP contribution in [0.3, 0.4) is 0 Å². The van der Waals surface area contributed by atoms with Gasteiger partial charge >= 0.3 is 0 Å². The van der Waals surface area contributed by atoms with Crippen LogP contribution < -0.4 is 10.5 Å². The van der Waals surface area contributed by atoms with Crippen molar-refractivity contribution in [3.63, 3.8) is 0 Å². The van der Waals surface area contributed by atoms with E-state index in [4.69, 9.17) is 5.73 Å². The highest BCUT2D eigenvalue weighted by Gasteiger charge is 2.19. The van der Waals surface area contributed by atoms with Gasteiger partial charge in [-0.05, 0) is 48.9 Å². The molecule has 0 fully saturated rings. The number of aryl methyl sites for hydroxylation is 1. The number of nitrogens with zero attached hydrogens (tertiary/aromatic N) is 3. The second-order valence-corrected chi connectivity index (χ2v) is 7.84. The zero-order valence-electron chi connectivity index (χ0n) is 14.6. The first-order valence-electron chi connectivity index (χ1n) is 8.19. The highest BCUT2D eigenvalue weighted by Crippen LogP contribution is 2.24. The van der Waals surface area contributed by atoms with E-state index in [9.17, 15) is 12.8 Å². The number of aromatic nitrogens is 4. The van der Waals surface area contributed by atoms with E-state index >= 15 is 0 Å². The molecule has 0 amide bonds. The van der Waals surface area contributed by atoms with Gasteiger partial charge in [0, 0.05) is 17.4 Å². The van der Waals surface area contributed by atoms with Crippen LogP contribution in [0.2, 0.25) is 0 Å². The van der Waals surface area contributed by atoms with Crippen LogP contribution in [0.1, 0.15) is 5.56 Å². The molecule has 28 heavy (non-hydrogen) atoms. The minimum absolute atomic E-state index is 0.287. The molecule has 0 atom stereocenters. The van der Waals surface area contributed by atoms with Crippen molar-refractivity contribution in [2.24, 2.45) is 0 Å². The van der Waals surface area contributed by atoms with Gasteiger partial charge in [0.25, 0.3) is 10.0 Å². The van der Waals surface area contributed by atoms with Gasteiger partial charge in [0.1, 0.15) is 16.5 Å². The third-order valence-electron chi connectivity index (χ3n) is 4.11. The molecule has 0 radical (unpaired) electrons. The number of rotatable bonds is 4. The highest BCUT2D eigenvalue weighted by molar-refractivity contribution is 7.92. The van der Waals surface area contributed by atoms with E-state index in [0.29, 0.717) is 33.8 Å². The standard InChI is InChI=1S/C18H15FN6O2S/c1-10-2-7-14(19)15(8-10)28(26,27)25-12-5-3-11(4-6-12)17-21-9-13-16(20)23-24-18(13)22-17/h2-9,25H,1H3,(H3,20,21,22,23,24). The Balaban J connectivity index is 1.61. The Morgan fingerprint density at radius 2 is 1.89 bits per heavy atom. The van der Waals surface area contributed by atoms with Crippen LogP contribution in [-0.4, -0.2) is 28.6 Å². The lowest BCUT2D eigenvalue weighted by atomic mass is 10.2. The molecule has 142 valence electrons. The van der Waals surface area contributed by atoms with Crippen LogP contribution in [0.25, 0.3) is 22.4 Å². The van der Waals surface area contributed by atoms with Gasteiger partial charge in [0.2, 0.25) is 0 Å². The third-order valence-corrected chi connectivity index (χ3v) is 5.51. The van der Waals surface area contributed by atoms with Gasteiger partial charge in [-0.2, -0.15) is 5.10 Å². The van der Waals surface area contributed by atoms with Gasteiger partial charge in [-0.3, -0.25) is 9.82 Å². The minimum Gasteiger partial charge on any atom is -0.383 e. The molecule has 2 aromatic carbocycles. The van der Waals surface area contributed by atoms with Gasteiger partial charge in [0.15, 0.2) is 11.5 Å². The lowest BCUT2D eigenvalue weighted by Gasteiger charge is -2.10. The Labute approximate surface area is 159 Å². The maximum absolute atomic E-state index is 13.9. The normalized spacial score (nSPS) is 11.6. The summed E-state index contributed by atoms with van der Waals surface area (Å²) in [5, 5.41) is 7.24. The summed E-state index contributed by atoms with van der Waals surface area (Å²) < 4.78 is 41.3. The zero-order valence-corrected chi connectivity index (χ0v) is 15.5. The van der Waals surface area contributed by atoms with E-state index in [-0.39, 0.29) is 5.69 Å². The van der Waals surface area contributed by atoms with Gasteiger partial charge in [0.05, 0.1) is 5.39 Å². The molecule has 0 aliphatic rings. The number of nitrogens with two attached hydrogens (primary N) is 1. The lowest BCUT2D eigenvalue weighted by molar-refractivity contribution is 0.570. The molecule has 2 aromatic heterocycles. The Bertz CT molecular complexity index is 1290. The molecule has 4 aromatic rings. The smallest absolute Gasteiger partial charge is 0.264 e. The van der Waals surface area contributed by atoms with Crippen molar-refractivity contribution in [3.05, 3.63) is 60.0 Å². The van der Waals surface area contributed by atoms with E-state index in [0.717, 1.165) is 6.07 Å². The molecule has 0 spiro atoms. The predicted octanol–water partition coefficient (Wildman–Crippen LogP) is 2.85. The fourth-order valence-corrected chi connectivity index (χ4v) is 3.90. The van der Waals surface area contributed by atoms with Crippen LogP contribution >= 0.6 is 0 Å². The highest BCUT2D eigenvalue weighted by atomic mass is 32.2. The van der Waals surface area contributed by atoms with Crippen molar-refractivity contribution in [1.29, 1.82) is 0 Å². The molecule has 2 heterocycles. The van der Waals surface area contributed by atoms with Crippen molar-refractivity contribution >= 4 is 32.6 Å². The fraction of sp³-hybridized carbons (Fsp3) is 0.0556. The molecule has 8 nitrogen and oxygen atoms in total. The SMILES string of the molecule is Cc1ccc(F)c(S(=O)(=O)Nc2ccc(-c3ncc4c(N)[nH]nc4n3)cc2)c1. The largest absolute Gasteiger partial charge is 0.383 e. The van der Waals surface area contributed by atoms with Crippen LogP contribution in [0, 0.1) is 12.7 Å². The Morgan fingerprint density at radius 3 is 2.64 bits per heavy atom. The van der Waals surface area contributed by atoms with Crippen LogP contribution in [0.15, 0.2) is 53.6 Å². The quantitative estimate of drug-likeness (QED) is 0.485. The van der Waals surface area contributed by atoms with Crippen molar-refractivity contribution in [2.75, 3.05) is 10.5 Å². The predicted molar refractivity (Wildman–Crippen MR) is 103 cm³/mol. The van der Waals surface area contributed by atoms with E-state index in [1.807, 2.05) is 0 Å². The fourth-order valence-electron chi connectivity index (χ4n) is 2.67. The first kappa shape index (κ1) is 17.9. The lowest BCUT2D eigenvalue weighted by Crippen LogP contribution is -2.14. The van der Waals surface area contributed by atoms with E-state index in [2.05, 4.69) is 24.9 Å². The second-order valence-electron chi connectivity index (χ2n) is 6.18. The molecule has 0 aliphatic heterocycles. The number of aromatic amines is 1. The van der Waals surface area contributed by atoms with Crippen LogP contribution in [-0.2, 0) is 10.0 Å². The Kier molecular flexibility index (Phi) is 4.19. The number of nitrogen functional groups attached to an aromatic ring is 1. The molecule has 0 aliphatic carbocycles. The first-order chi connectivity index (χ1) is 13.3. The van der Waals surface area contributed by atoms with Crippen LogP contribution in [0.5, 0.6) is 0 Å². The van der Waals surface area contributed by atoms with Crippen molar-refractivity contribution < 1.29 is 12.8 Å². The van der Waals surface area contributed by atoms with Crippen molar-refractivity contribution in [3.8, 4) is 11.4 Å². The van der Waals surface area contributed by atoms with Gasteiger partial charge < -0.3 is 5.73 Å². The number of fused-ring (bicyclic) bond motifs is 1. The summed E-state index contributed by atoms with van der Waals surface area (Å²) in [6.45, 7) is 1.69. The Morgan fingerprint density at radius 1 is 1.14 bits per heavy atom. The number of H-pyrrole nitrogens is 1. The second kappa shape index (κ2) is 6.57. The summed E-state index contributed by atoms with van der Waals surface area (Å²) in [6.07, 6.45) is 1.56. The minimum atomic E-state index is -4.05. The molecule has 10 heteroatoms. The summed E-state index contributed by atoms with van der Waals surface area (Å²) in [6, 6.07) is 10.3. The molecular weight excluding hydrogens is 383 g/mol. The van der Waals surface area contributed by atoms with Crippen molar-refractivity contribution in [2.45, 2.75) is 11.8 Å². The summed E-state index contributed by atoms with van der Waals surface area (Å²) in [4.78, 5) is 8.16. The molecule has 0 unspecified atom stereocenters. The van der Waals surface area contributed by atoms with Gasteiger partial charge in [-0.25, -0.2) is 22.8 Å². The van der Waals surface area contributed by atoms with Gasteiger partial charge in [-0.15, -0.1) is 0 Å². The van der Waals surface area contributed by atoms with E-state index in [1.54, 1.807) is 37.4 Å². The number of hydrogen-bond donors (Lipinski definition) is 3. The summed E-state index contributed by atoms with van der Waals surface area (Å²) in [7, 11) is -4.05. The van der Waals surface area contributed by atoms with E-state index in [1.165, 1.54) is 12.1 Å². The maximum atomic E-state index is 13.9. The summed E-state index contributed by atoms with van der Waals surface area (Å²) >= 11 is 0. The number of halogens is 1. The summed E-state index contributed by atoms with van der Waals surface area (Å²) in [5.41, 5.74) is 7.74. The average Bonchev–Trinajstić information content (AvgIpc) is 3.04. The number of hydrogen-bond acceptors (Lipinski definition) is 6. The topological polar surface area (TPSA) is 127 Å². The third kappa shape index (κ3) is 3.25. The van der Waals surface area contributed by atoms with Crippen LogP contribution in [0.4, 0.5) is 15.9 Å². The maximum Gasteiger partial charge on any atom is 0.264 e. The molecule has 0 saturated carbocycles. The Hall–Kier alpha value is -3.53. The number of anilines is 2. The summed E-state index contributed by atoms with van der Waals surface area (Å²) in [5.74, 6) is -0.0116. The first-order valence-corrected chi connectivity index (χ1v) is 9.68. The molecule has 0 saturated heterocycles. The van der Waals surface area contributed by atoms with Crippen molar-refractivity contribution in [1.82, 2.24) is 20.2 Å². The average molecular weight is 398 g/mol. The number of sulfonamides is 1. The monoisotopic (exact) mass is 398 g/mol. The molecule has 0 bridgehead atoms.